The van der Waals surface area contributed by atoms with Crippen molar-refractivity contribution in [3.05, 3.63) is 56.8 Å². The predicted molar refractivity (Wildman–Crippen MR) is 96.4 cm³/mol. The van der Waals surface area contributed by atoms with Gasteiger partial charge in [-0.3, -0.25) is 14.0 Å². The molecule has 26 heavy (non-hydrogen) atoms. The van der Waals surface area contributed by atoms with E-state index in [4.69, 9.17) is 4.74 Å². The summed E-state index contributed by atoms with van der Waals surface area (Å²) in [6.45, 7) is 2.20. The quantitative estimate of drug-likeness (QED) is 0.496. The van der Waals surface area contributed by atoms with Crippen LogP contribution in [0, 0.1) is 6.92 Å². The van der Waals surface area contributed by atoms with E-state index in [1.807, 2.05) is 13.0 Å². The summed E-state index contributed by atoms with van der Waals surface area (Å²) in [6.07, 6.45) is 2.10. The number of thiophene rings is 1. The van der Waals surface area contributed by atoms with Crippen molar-refractivity contribution in [2.45, 2.75) is 19.9 Å². The van der Waals surface area contributed by atoms with Crippen molar-refractivity contribution in [2.75, 3.05) is 13.2 Å². The fourth-order valence-electron chi connectivity index (χ4n) is 2.36. The highest BCUT2D eigenvalue weighted by Crippen LogP contribution is 2.14. The van der Waals surface area contributed by atoms with Crippen LogP contribution in [0.3, 0.4) is 0 Å². The zero-order valence-electron chi connectivity index (χ0n) is 14.2. The molecule has 3 heterocycles. The van der Waals surface area contributed by atoms with E-state index in [0.717, 1.165) is 4.88 Å². The fourth-order valence-corrected chi connectivity index (χ4v) is 3.15. The van der Waals surface area contributed by atoms with Gasteiger partial charge in [-0.05, 0) is 31.2 Å². The van der Waals surface area contributed by atoms with Crippen LogP contribution in [0.15, 0.2) is 41.3 Å². The molecule has 0 saturated carbocycles. The summed E-state index contributed by atoms with van der Waals surface area (Å²) in [7, 11) is 0. The third-order valence-corrected chi connectivity index (χ3v) is 4.62. The number of aryl methyl sites for hydroxylation is 2. The van der Waals surface area contributed by atoms with E-state index in [1.54, 1.807) is 30.5 Å². The van der Waals surface area contributed by atoms with E-state index in [1.165, 1.54) is 20.4 Å². The summed E-state index contributed by atoms with van der Waals surface area (Å²) < 4.78 is 7.86. The summed E-state index contributed by atoms with van der Waals surface area (Å²) in [5.74, 6) is -0.815. The lowest BCUT2D eigenvalue weighted by atomic mass is 10.4. The van der Waals surface area contributed by atoms with E-state index < -0.39 is 5.97 Å². The Morgan fingerprint density at radius 1 is 1.27 bits per heavy atom. The van der Waals surface area contributed by atoms with Crippen LogP contribution in [-0.4, -0.2) is 39.2 Å². The topological polar surface area (TPSA) is 94.7 Å². The Balaban J connectivity index is 1.40. The van der Waals surface area contributed by atoms with Gasteiger partial charge in [0, 0.05) is 24.0 Å². The van der Waals surface area contributed by atoms with Crippen molar-refractivity contribution in [1.82, 2.24) is 19.5 Å². The highest BCUT2D eigenvalue weighted by atomic mass is 32.1. The van der Waals surface area contributed by atoms with Gasteiger partial charge in [-0.2, -0.15) is 0 Å². The molecule has 0 unspecified atom stereocenters. The monoisotopic (exact) mass is 374 g/mol. The molecule has 0 aliphatic rings. The van der Waals surface area contributed by atoms with Gasteiger partial charge in [0.15, 0.2) is 5.65 Å². The maximum atomic E-state index is 12.1. The van der Waals surface area contributed by atoms with Gasteiger partial charge in [-0.15, -0.1) is 16.4 Å². The number of amides is 1. The van der Waals surface area contributed by atoms with Gasteiger partial charge < -0.3 is 10.1 Å². The van der Waals surface area contributed by atoms with Crippen LogP contribution < -0.4 is 11.0 Å². The van der Waals surface area contributed by atoms with E-state index >= 15 is 0 Å². The molecule has 1 amide bonds. The molecule has 0 aliphatic heterocycles. The first kappa shape index (κ1) is 17.9. The Labute approximate surface area is 153 Å². The van der Waals surface area contributed by atoms with E-state index in [-0.39, 0.29) is 24.7 Å². The summed E-state index contributed by atoms with van der Waals surface area (Å²) >= 11 is 1.36. The van der Waals surface area contributed by atoms with Crippen molar-refractivity contribution in [3.63, 3.8) is 0 Å². The summed E-state index contributed by atoms with van der Waals surface area (Å²) in [5, 5.41) is 6.72. The molecule has 8 nitrogen and oxygen atoms in total. The SMILES string of the molecule is Cc1ccc(C(=O)NCC(=O)OCCCn2nc3ccccn3c2=O)s1. The van der Waals surface area contributed by atoms with Crippen LogP contribution in [-0.2, 0) is 16.1 Å². The first-order valence-corrected chi connectivity index (χ1v) is 8.91. The molecule has 0 fully saturated rings. The minimum atomic E-state index is -0.519. The number of carbonyl (C=O) groups is 2. The normalized spacial score (nSPS) is 10.8. The highest BCUT2D eigenvalue weighted by Gasteiger charge is 2.11. The average Bonchev–Trinajstić information content (AvgIpc) is 3.21. The average molecular weight is 374 g/mol. The van der Waals surface area contributed by atoms with Gasteiger partial charge >= 0.3 is 11.7 Å². The number of fused-ring (bicyclic) bond motifs is 1. The van der Waals surface area contributed by atoms with E-state index in [9.17, 15) is 14.4 Å². The van der Waals surface area contributed by atoms with Crippen molar-refractivity contribution >= 4 is 28.9 Å². The van der Waals surface area contributed by atoms with E-state index in [2.05, 4.69) is 10.4 Å². The number of carbonyl (C=O) groups excluding carboxylic acids is 2. The first-order valence-electron chi connectivity index (χ1n) is 8.09. The van der Waals surface area contributed by atoms with Crippen molar-refractivity contribution in [2.24, 2.45) is 0 Å². The molecule has 0 radical (unpaired) electrons. The van der Waals surface area contributed by atoms with Gasteiger partial charge in [0.05, 0.1) is 11.5 Å². The molecular weight excluding hydrogens is 356 g/mol. The first-order chi connectivity index (χ1) is 12.5. The Morgan fingerprint density at radius 3 is 2.85 bits per heavy atom. The minimum absolute atomic E-state index is 0.146. The zero-order chi connectivity index (χ0) is 18.5. The molecule has 1 N–H and O–H groups in total. The number of pyridine rings is 1. The number of hydrogen-bond acceptors (Lipinski definition) is 6. The molecule has 9 heteroatoms. The molecule has 0 aliphatic carbocycles. The van der Waals surface area contributed by atoms with Gasteiger partial charge in [0.25, 0.3) is 5.91 Å². The number of nitrogens with one attached hydrogen (secondary N) is 1. The van der Waals surface area contributed by atoms with Crippen LogP contribution in [0.4, 0.5) is 0 Å². The molecule has 0 aromatic carbocycles. The molecular formula is C17H18N4O4S. The minimum Gasteiger partial charge on any atom is -0.464 e. The number of aromatic nitrogens is 3. The lowest BCUT2D eigenvalue weighted by Crippen LogP contribution is -2.30. The summed E-state index contributed by atoms with van der Waals surface area (Å²) in [6, 6.07) is 8.87. The number of nitrogens with zero attached hydrogens (tertiary/aromatic N) is 3. The molecule has 3 aromatic heterocycles. The summed E-state index contributed by atoms with van der Waals surface area (Å²) in [4.78, 5) is 37.2. The van der Waals surface area contributed by atoms with Gasteiger partial charge in [0.2, 0.25) is 0 Å². The number of hydrogen-bond donors (Lipinski definition) is 1. The molecule has 3 aromatic rings. The molecule has 0 spiro atoms. The number of ether oxygens (including phenoxy) is 1. The third kappa shape index (κ3) is 4.17. The smallest absolute Gasteiger partial charge is 0.350 e. The van der Waals surface area contributed by atoms with Crippen LogP contribution in [0.25, 0.3) is 5.65 Å². The Kier molecular flexibility index (Phi) is 5.47. The largest absolute Gasteiger partial charge is 0.464 e. The molecule has 0 bridgehead atoms. The number of rotatable bonds is 7. The Morgan fingerprint density at radius 2 is 2.12 bits per heavy atom. The maximum Gasteiger partial charge on any atom is 0.350 e. The van der Waals surface area contributed by atoms with Gasteiger partial charge in [-0.1, -0.05) is 6.07 Å². The Bertz CT molecular complexity index is 988. The van der Waals surface area contributed by atoms with Gasteiger partial charge in [0.1, 0.15) is 6.54 Å². The van der Waals surface area contributed by atoms with Crippen LogP contribution >= 0.6 is 11.3 Å². The van der Waals surface area contributed by atoms with Crippen molar-refractivity contribution < 1.29 is 14.3 Å². The maximum absolute atomic E-state index is 12.1. The predicted octanol–water partition coefficient (Wildman–Crippen LogP) is 1.23. The standard InChI is InChI=1S/C17H18N4O4S/c1-12-6-7-13(26-12)16(23)18-11-15(22)25-10-4-9-21-17(24)20-8-3-2-5-14(20)19-21/h2-3,5-8H,4,9-11H2,1H3,(H,18,23). The number of esters is 1. The molecule has 0 atom stereocenters. The highest BCUT2D eigenvalue weighted by molar-refractivity contribution is 7.13. The molecule has 3 rings (SSSR count). The van der Waals surface area contributed by atoms with Crippen LogP contribution in [0.5, 0.6) is 0 Å². The van der Waals surface area contributed by atoms with E-state index in [0.29, 0.717) is 23.5 Å². The lowest BCUT2D eigenvalue weighted by molar-refractivity contribution is -0.142. The van der Waals surface area contributed by atoms with Crippen molar-refractivity contribution in [1.29, 1.82) is 0 Å². The Hall–Kier alpha value is -2.94. The zero-order valence-corrected chi connectivity index (χ0v) is 15.0. The second-order valence-corrected chi connectivity index (χ2v) is 6.89. The second-order valence-electron chi connectivity index (χ2n) is 5.60. The van der Waals surface area contributed by atoms with Crippen LogP contribution in [0.2, 0.25) is 0 Å². The summed E-state index contributed by atoms with van der Waals surface area (Å²) in [5.41, 5.74) is 0.339. The molecule has 136 valence electrons. The van der Waals surface area contributed by atoms with Crippen LogP contribution in [0.1, 0.15) is 21.0 Å². The lowest BCUT2D eigenvalue weighted by Gasteiger charge is -2.05. The van der Waals surface area contributed by atoms with Crippen molar-refractivity contribution in [3.8, 4) is 0 Å². The fraction of sp³-hybridized carbons (Fsp3) is 0.294. The molecule has 0 saturated heterocycles. The van der Waals surface area contributed by atoms with Gasteiger partial charge in [-0.25, -0.2) is 9.48 Å². The second kappa shape index (κ2) is 7.96. The third-order valence-electron chi connectivity index (χ3n) is 3.62.